The van der Waals surface area contributed by atoms with Crippen LogP contribution in [0.4, 0.5) is 0 Å². The Labute approximate surface area is 124 Å². The molecule has 114 valence electrons. The molecule has 1 aliphatic heterocycles. The first-order valence-electron chi connectivity index (χ1n) is 6.81. The molecule has 1 aromatic heterocycles. The predicted octanol–water partition coefficient (Wildman–Crippen LogP) is 0.620. The molecule has 0 aliphatic carbocycles. The van der Waals surface area contributed by atoms with Crippen LogP contribution in [0.2, 0.25) is 0 Å². The Bertz CT molecular complexity index is 550. The lowest BCUT2D eigenvalue weighted by Crippen LogP contribution is -2.45. The molecule has 0 aromatic carbocycles. The fourth-order valence-electron chi connectivity index (χ4n) is 2.34. The summed E-state index contributed by atoms with van der Waals surface area (Å²) in [6.07, 6.45) is 2.23. The Morgan fingerprint density at radius 2 is 1.90 bits per heavy atom. The summed E-state index contributed by atoms with van der Waals surface area (Å²) < 4.78 is 24.6. The molecule has 8 heteroatoms. The van der Waals surface area contributed by atoms with Crippen molar-refractivity contribution in [2.24, 2.45) is 0 Å². The summed E-state index contributed by atoms with van der Waals surface area (Å²) in [5.41, 5.74) is 0. The van der Waals surface area contributed by atoms with Crippen LogP contribution in [-0.2, 0) is 22.0 Å². The highest BCUT2D eigenvalue weighted by Crippen LogP contribution is 2.15. The summed E-state index contributed by atoms with van der Waals surface area (Å²) in [7, 11) is 3.73. The Kier molecular flexibility index (Phi) is 5.06. The molecule has 2 rings (SSSR count). The van der Waals surface area contributed by atoms with E-state index in [0.29, 0.717) is 6.42 Å². The first kappa shape index (κ1) is 15.8. The van der Waals surface area contributed by atoms with Crippen molar-refractivity contribution < 1.29 is 8.42 Å². The van der Waals surface area contributed by atoms with Crippen molar-refractivity contribution >= 4 is 19.7 Å². The first-order chi connectivity index (χ1) is 9.40. The summed E-state index contributed by atoms with van der Waals surface area (Å²) in [5.74, 6) is 0.762. The highest BCUT2D eigenvalue weighted by Gasteiger charge is 2.18. The molecule has 1 aromatic rings. The number of nitrogens with zero attached hydrogens (tertiary/aromatic N) is 4. The Morgan fingerprint density at radius 1 is 1.25 bits per heavy atom. The third-order valence-corrected chi connectivity index (χ3v) is 4.83. The van der Waals surface area contributed by atoms with Crippen LogP contribution in [-0.4, -0.2) is 67.5 Å². The van der Waals surface area contributed by atoms with Crippen molar-refractivity contribution in [1.82, 2.24) is 19.4 Å². The lowest BCUT2D eigenvalue weighted by atomic mass is 10.3. The average Bonchev–Trinajstić information content (AvgIpc) is 2.81. The number of aryl methyl sites for hydroxylation is 1. The molecule has 1 aliphatic rings. The number of aromatic nitrogens is 2. The number of rotatable bonds is 5. The van der Waals surface area contributed by atoms with Gasteiger partial charge in [-0.1, -0.05) is 6.92 Å². The summed E-state index contributed by atoms with van der Waals surface area (Å²) in [5, 5.41) is -0.0469. The molecule has 20 heavy (non-hydrogen) atoms. The number of halogens is 1. The number of imidazole rings is 1. The van der Waals surface area contributed by atoms with Gasteiger partial charge in [-0.25, -0.2) is 13.4 Å². The monoisotopic (exact) mass is 320 g/mol. The smallest absolute Gasteiger partial charge is 0.280 e. The maximum atomic E-state index is 11.3. The maximum absolute atomic E-state index is 11.3. The summed E-state index contributed by atoms with van der Waals surface area (Å²) >= 11 is 0. The van der Waals surface area contributed by atoms with E-state index in [-0.39, 0.29) is 5.03 Å². The van der Waals surface area contributed by atoms with Crippen molar-refractivity contribution in [1.29, 1.82) is 0 Å². The highest BCUT2D eigenvalue weighted by atomic mass is 35.7. The number of hydrogen-bond donors (Lipinski definition) is 0. The number of likely N-dealkylation sites (N-methyl/N-ethyl adjacent to an activating group) is 1. The van der Waals surface area contributed by atoms with E-state index in [1.54, 1.807) is 0 Å². The minimum atomic E-state index is -3.75. The lowest BCUT2D eigenvalue weighted by molar-refractivity contribution is 0.150. The van der Waals surface area contributed by atoms with Gasteiger partial charge in [0.1, 0.15) is 5.82 Å². The van der Waals surface area contributed by atoms with Crippen molar-refractivity contribution in [2.75, 3.05) is 39.8 Å². The zero-order valence-electron chi connectivity index (χ0n) is 11.9. The van der Waals surface area contributed by atoms with Crippen LogP contribution in [0, 0.1) is 0 Å². The van der Waals surface area contributed by atoms with Gasteiger partial charge in [0.05, 0.1) is 0 Å². The van der Waals surface area contributed by atoms with Gasteiger partial charge in [0, 0.05) is 62.6 Å². The van der Waals surface area contributed by atoms with Gasteiger partial charge in [0.25, 0.3) is 9.05 Å². The fourth-order valence-corrected chi connectivity index (χ4v) is 3.03. The van der Waals surface area contributed by atoms with Gasteiger partial charge in [0.15, 0.2) is 5.03 Å². The molecule has 2 heterocycles. The Balaban J connectivity index is 2.00. The highest BCUT2D eigenvalue weighted by molar-refractivity contribution is 8.13. The van der Waals surface area contributed by atoms with E-state index in [9.17, 15) is 8.42 Å². The molecule has 0 atom stereocenters. The van der Waals surface area contributed by atoms with E-state index in [1.807, 2.05) is 11.5 Å². The third kappa shape index (κ3) is 3.94. The van der Waals surface area contributed by atoms with E-state index in [2.05, 4.69) is 21.8 Å². The molecule has 0 radical (unpaired) electrons. The Morgan fingerprint density at radius 3 is 2.45 bits per heavy atom. The third-order valence-electron chi connectivity index (χ3n) is 3.66. The van der Waals surface area contributed by atoms with Gasteiger partial charge >= 0.3 is 0 Å². The van der Waals surface area contributed by atoms with Gasteiger partial charge < -0.3 is 9.47 Å². The number of hydrogen-bond acceptors (Lipinski definition) is 5. The van der Waals surface area contributed by atoms with Crippen molar-refractivity contribution in [3.63, 3.8) is 0 Å². The van der Waals surface area contributed by atoms with Gasteiger partial charge in [0.2, 0.25) is 0 Å². The Hall–Kier alpha value is -0.630. The van der Waals surface area contributed by atoms with Crippen molar-refractivity contribution in [3.05, 3.63) is 12.0 Å². The minimum absolute atomic E-state index is 0.0469. The molecule has 0 bridgehead atoms. The van der Waals surface area contributed by atoms with Crippen LogP contribution in [0.1, 0.15) is 12.7 Å². The molecule has 6 nitrogen and oxygen atoms in total. The van der Waals surface area contributed by atoms with Crippen LogP contribution in [0.5, 0.6) is 0 Å². The summed E-state index contributed by atoms with van der Waals surface area (Å²) in [4.78, 5) is 8.78. The molecular formula is C12H21ClN4O2S. The molecule has 0 unspecified atom stereocenters. The van der Waals surface area contributed by atoms with Gasteiger partial charge in [-0.15, -0.1) is 0 Å². The predicted molar refractivity (Wildman–Crippen MR) is 78.6 cm³/mol. The summed E-state index contributed by atoms with van der Waals surface area (Å²) in [6, 6.07) is 0. The van der Waals surface area contributed by atoms with E-state index >= 15 is 0 Å². The molecule has 0 amide bonds. The zero-order valence-corrected chi connectivity index (χ0v) is 13.5. The van der Waals surface area contributed by atoms with Crippen LogP contribution in [0.15, 0.2) is 11.2 Å². The van der Waals surface area contributed by atoms with Crippen LogP contribution in [0.3, 0.4) is 0 Å². The topological polar surface area (TPSA) is 58.4 Å². The van der Waals surface area contributed by atoms with E-state index in [4.69, 9.17) is 10.7 Å². The quantitative estimate of drug-likeness (QED) is 0.744. The molecular weight excluding hydrogens is 300 g/mol. The SMILES string of the molecule is CCc1nc(S(=O)(=O)Cl)cn1CCN1CCN(C)CC1. The standard InChI is InChI=1S/C12H21ClN4O2S/c1-3-11-14-12(20(13,18)19)10-17(11)9-8-16-6-4-15(2)5-7-16/h10H,3-9H2,1-2H3. The zero-order chi connectivity index (χ0) is 14.8. The maximum Gasteiger partial charge on any atom is 0.280 e. The van der Waals surface area contributed by atoms with E-state index < -0.39 is 9.05 Å². The molecule has 1 fully saturated rings. The normalized spacial score (nSPS) is 18.6. The molecule has 0 spiro atoms. The molecule has 0 saturated carbocycles. The largest absolute Gasteiger partial charge is 0.332 e. The van der Waals surface area contributed by atoms with Crippen molar-refractivity contribution in [2.45, 2.75) is 24.9 Å². The first-order valence-corrected chi connectivity index (χ1v) is 9.12. The van der Waals surface area contributed by atoms with Crippen LogP contribution < -0.4 is 0 Å². The molecule has 1 saturated heterocycles. The van der Waals surface area contributed by atoms with Gasteiger partial charge in [-0.05, 0) is 7.05 Å². The number of piperazine rings is 1. The molecule has 0 N–H and O–H groups in total. The van der Waals surface area contributed by atoms with Crippen LogP contribution >= 0.6 is 10.7 Å². The van der Waals surface area contributed by atoms with Gasteiger partial charge in [-0.2, -0.15) is 0 Å². The van der Waals surface area contributed by atoms with E-state index in [0.717, 1.165) is 45.1 Å². The van der Waals surface area contributed by atoms with Crippen LogP contribution in [0.25, 0.3) is 0 Å². The second kappa shape index (κ2) is 6.43. The average molecular weight is 321 g/mol. The van der Waals surface area contributed by atoms with Gasteiger partial charge in [-0.3, -0.25) is 4.90 Å². The summed E-state index contributed by atoms with van der Waals surface area (Å²) in [6.45, 7) is 7.85. The second-order valence-electron chi connectivity index (χ2n) is 5.13. The fraction of sp³-hybridized carbons (Fsp3) is 0.750. The lowest BCUT2D eigenvalue weighted by Gasteiger charge is -2.32. The van der Waals surface area contributed by atoms with Crippen molar-refractivity contribution in [3.8, 4) is 0 Å². The second-order valence-corrected chi connectivity index (χ2v) is 7.64. The van der Waals surface area contributed by atoms with E-state index in [1.165, 1.54) is 6.20 Å². The minimum Gasteiger partial charge on any atom is -0.332 e.